The standard InChI is InChI=1S/C31H28N4O2S/c1-4-20-16-24(27(32)23(5-2)29(20)34-17-36)38-31-19(3)25(21-12-8-6-9-13-21)30(35-18-37)26(28(31)33)22-14-10-7-11-15-22/h6-16H,4-5,32-33H2,1-3H3. The summed E-state index contributed by atoms with van der Waals surface area (Å²) in [5, 5.41) is 0. The lowest BCUT2D eigenvalue weighted by Crippen LogP contribution is -2.02. The van der Waals surface area contributed by atoms with Crippen molar-refractivity contribution < 1.29 is 9.59 Å². The molecule has 0 aliphatic rings. The number of nitrogens with zero attached hydrogens (tertiary/aromatic N) is 2. The average Bonchev–Trinajstić information content (AvgIpc) is 2.94. The third kappa shape index (κ3) is 4.91. The molecule has 0 saturated heterocycles. The molecule has 4 aromatic rings. The average molecular weight is 521 g/mol. The predicted molar refractivity (Wildman–Crippen MR) is 156 cm³/mol. The summed E-state index contributed by atoms with van der Waals surface area (Å²) < 4.78 is 0. The fraction of sp³-hybridized carbons (Fsp3) is 0.161. The highest BCUT2D eigenvalue weighted by Gasteiger charge is 2.25. The summed E-state index contributed by atoms with van der Waals surface area (Å²) in [6.45, 7) is 5.97. The maximum Gasteiger partial charge on any atom is 0.240 e. The largest absolute Gasteiger partial charge is 0.398 e. The minimum Gasteiger partial charge on any atom is -0.398 e. The molecule has 0 aromatic heterocycles. The molecule has 0 saturated carbocycles. The molecular formula is C31H28N4O2S. The van der Waals surface area contributed by atoms with Gasteiger partial charge in [0.2, 0.25) is 12.2 Å². The Bertz CT molecular complexity index is 1520. The molecule has 0 amide bonds. The van der Waals surface area contributed by atoms with E-state index in [0.717, 1.165) is 43.2 Å². The van der Waals surface area contributed by atoms with Crippen molar-refractivity contribution in [1.82, 2.24) is 0 Å². The summed E-state index contributed by atoms with van der Waals surface area (Å²) in [5.41, 5.74) is 21.5. The second kappa shape index (κ2) is 11.8. The maximum absolute atomic E-state index is 11.6. The SMILES string of the molecule is CCc1cc(Sc2c(C)c(-c3ccccc3)c(N=C=O)c(-c3ccccc3)c2N)c(N)c(CC)c1N=C=O. The van der Waals surface area contributed by atoms with Crippen molar-refractivity contribution in [2.75, 3.05) is 11.5 Å². The molecule has 0 aliphatic carbocycles. The summed E-state index contributed by atoms with van der Waals surface area (Å²) in [7, 11) is 0. The Hall–Kier alpha value is -4.41. The van der Waals surface area contributed by atoms with Gasteiger partial charge in [0, 0.05) is 26.5 Å². The number of aliphatic imine (C=N–C) groups is 2. The van der Waals surface area contributed by atoms with Gasteiger partial charge in [-0.2, -0.15) is 9.98 Å². The highest BCUT2D eigenvalue weighted by Crippen LogP contribution is 2.52. The summed E-state index contributed by atoms with van der Waals surface area (Å²) in [6, 6.07) is 21.4. The van der Waals surface area contributed by atoms with Gasteiger partial charge in [-0.15, -0.1) is 0 Å². The van der Waals surface area contributed by atoms with Crippen LogP contribution in [0.5, 0.6) is 0 Å². The van der Waals surface area contributed by atoms with Crippen LogP contribution in [0.1, 0.15) is 30.5 Å². The molecule has 0 aliphatic heterocycles. The van der Waals surface area contributed by atoms with Gasteiger partial charge >= 0.3 is 0 Å². The van der Waals surface area contributed by atoms with Crippen molar-refractivity contribution in [2.45, 2.75) is 43.4 Å². The van der Waals surface area contributed by atoms with E-state index in [-0.39, 0.29) is 0 Å². The maximum atomic E-state index is 11.6. The molecule has 0 spiro atoms. The molecule has 4 rings (SSSR count). The Morgan fingerprint density at radius 1 is 0.763 bits per heavy atom. The fourth-order valence-corrected chi connectivity index (χ4v) is 5.91. The van der Waals surface area contributed by atoms with E-state index in [0.29, 0.717) is 41.2 Å². The zero-order valence-electron chi connectivity index (χ0n) is 21.5. The van der Waals surface area contributed by atoms with Gasteiger partial charge in [-0.25, -0.2) is 9.59 Å². The van der Waals surface area contributed by atoms with Gasteiger partial charge in [-0.05, 0) is 48.1 Å². The second-order valence-electron chi connectivity index (χ2n) is 8.69. The Labute approximate surface area is 226 Å². The van der Waals surface area contributed by atoms with Gasteiger partial charge < -0.3 is 11.5 Å². The number of nitrogen functional groups attached to an aromatic ring is 2. The van der Waals surface area contributed by atoms with Crippen LogP contribution in [-0.4, -0.2) is 12.2 Å². The summed E-state index contributed by atoms with van der Waals surface area (Å²) in [5.74, 6) is 0. The number of hydrogen-bond donors (Lipinski definition) is 2. The van der Waals surface area contributed by atoms with Crippen LogP contribution < -0.4 is 11.5 Å². The van der Waals surface area contributed by atoms with Crippen LogP contribution in [0, 0.1) is 6.92 Å². The Kier molecular flexibility index (Phi) is 8.25. The number of nitrogens with two attached hydrogens (primary N) is 2. The van der Waals surface area contributed by atoms with E-state index in [9.17, 15) is 9.59 Å². The lowest BCUT2D eigenvalue weighted by Gasteiger charge is -2.22. The quantitative estimate of drug-likeness (QED) is 0.140. The van der Waals surface area contributed by atoms with Crippen molar-refractivity contribution in [3.63, 3.8) is 0 Å². The lowest BCUT2D eigenvalue weighted by molar-refractivity contribution is 0.564. The molecule has 6 nitrogen and oxygen atoms in total. The lowest BCUT2D eigenvalue weighted by atomic mass is 9.91. The zero-order chi connectivity index (χ0) is 27.2. The molecule has 190 valence electrons. The fourth-order valence-electron chi connectivity index (χ4n) is 4.78. The van der Waals surface area contributed by atoms with Gasteiger partial charge in [0.1, 0.15) is 0 Å². The number of aryl methyl sites for hydroxylation is 1. The minimum absolute atomic E-state index is 0.476. The third-order valence-corrected chi connectivity index (χ3v) is 7.86. The van der Waals surface area contributed by atoms with Crippen LogP contribution in [0.2, 0.25) is 0 Å². The molecule has 4 aromatic carbocycles. The summed E-state index contributed by atoms with van der Waals surface area (Å²) in [6.07, 6.45) is 4.69. The van der Waals surface area contributed by atoms with E-state index >= 15 is 0 Å². The number of benzene rings is 4. The van der Waals surface area contributed by atoms with Gasteiger partial charge in [0.15, 0.2) is 0 Å². The topological polar surface area (TPSA) is 111 Å². The molecule has 7 heteroatoms. The molecular weight excluding hydrogens is 492 g/mol. The summed E-state index contributed by atoms with van der Waals surface area (Å²) >= 11 is 1.47. The van der Waals surface area contributed by atoms with Gasteiger partial charge in [-0.3, -0.25) is 0 Å². The van der Waals surface area contributed by atoms with Crippen molar-refractivity contribution in [1.29, 1.82) is 0 Å². The van der Waals surface area contributed by atoms with Crippen molar-refractivity contribution in [3.8, 4) is 22.3 Å². The smallest absolute Gasteiger partial charge is 0.240 e. The van der Waals surface area contributed by atoms with E-state index in [4.69, 9.17) is 11.5 Å². The van der Waals surface area contributed by atoms with E-state index in [1.807, 2.05) is 87.5 Å². The molecule has 0 unspecified atom stereocenters. The molecule has 4 N–H and O–H groups in total. The first-order chi connectivity index (χ1) is 18.5. The van der Waals surface area contributed by atoms with E-state index in [2.05, 4.69) is 9.98 Å². The Morgan fingerprint density at radius 3 is 1.84 bits per heavy atom. The van der Waals surface area contributed by atoms with E-state index in [1.54, 1.807) is 12.2 Å². The van der Waals surface area contributed by atoms with Gasteiger partial charge in [-0.1, -0.05) is 86.3 Å². The molecule has 0 radical (unpaired) electrons. The molecule has 0 heterocycles. The first-order valence-electron chi connectivity index (χ1n) is 12.3. The van der Waals surface area contributed by atoms with E-state index < -0.39 is 0 Å². The van der Waals surface area contributed by atoms with Crippen LogP contribution in [0.15, 0.2) is 86.5 Å². The highest BCUT2D eigenvalue weighted by molar-refractivity contribution is 7.99. The van der Waals surface area contributed by atoms with Crippen molar-refractivity contribution >= 4 is 46.7 Å². The summed E-state index contributed by atoms with van der Waals surface area (Å²) in [4.78, 5) is 32.5. The molecule has 0 atom stereocenters. The van der Waals surface area contributed by atoms with Crippen LogP contribution in [-0.2, 0) is 22.4 Å². The monoisotopic (exact) mass is 520 g/mol. The number of isocyanates is 2. The Balaban J connectivity index is 2.08. The Morgan fingerprint density at radius 2 is 1.32 bits per heavy atom. The van der Waals surface area contributed by atoms with E-state index in [1.165, 1.54) is 11.8 Å². The minimum atomic E-state index is 0.476. The van der Waals surface area contributed by atoms with Crippen LogP contribution in [0.3, 0.4) is 0 Å². The van der Waals surface area contributed by atoms with Crippen LogP contribution in [0.4, 0.5) is 22.7 Å². The van der Waals surface area contributed by atoms with Gasteiger partial charge in [0.25, 0.3) is 0 Å². The van der Waals surface area contributed by atoms with Crippen LogP contribution in [0.25, 0.3) is 22.3 Å². The normalized spacial score (nSPS) is 10.5. The van der Waals surface area contributed by atoms with Crippen LogP contribution >= 0.6 is 11.8 Å². The number of rotatable bonds is 8. The van der Waals surface area contributed by atoms with Crippen molar-refractivity contribution in [3.05, 3.63) is 83.4 Å². The first kappa shape index (κ1) is 26.6. The number of hydrogen-bond acceptors (Lipinski definition) is 7. The third-order valence-electron chi connectivity index (χ3n) is 6.58. The van der Waals surface area contributed by atoms with Crippen molar-refractivity contribution in [2.24, 2.45) is 9.98 Å². The van der Waals surface area contributed by atoms with Gasteiger partial charge in [0.05, 0.1) is 22.7 Å². The zero-order valence-corrected chi connectivity index (χ0v) is 22.4. The molecule has 38 heavy (non-hydrogen) atoms. The number of anilines is 2. The molecule has 0 bridgehead atoms. The predicted octanol–water partition coefficient (Wildman–Crippen LogP) is 7.70. The second-order valence-corrected chi connectivity index (χ2v) is 9.74. The highest BCUT2D eigenvalue weighted by atomic mass is 32.2. The number of carbonyl (C=O) groups excluding carboxylic acids is 2. The molecule has 0 fully saturated rings. The first-order valence-corrected chi connectivity index (χ1v) is 13.1.